The van der Waals surface area contributed by atoms with Crippen molar-refractivity contribution in [3.05, 3.63) is 47.0 Å². The SMILES string of the molecule is CN1CCN(c2ccc(N3CCN(C(=O)c4ccc(Cl)cc4)CC3)nn2)CC1. The smallest absolute Gasteiger partial charge is 0.253 e. The van der Waals surface area contributed by atoms with E-state index in [0.29, 0.717) is 23.7 Å². The van der Waals surface area contributed by atoms with Gasteiger partial charge in [0.2, 0.25) is 0 Å². The van der Waals surface area contributed by atoms with Crippen LogP contribution in [0.5, 0.6) is 0 Å². The molecule has 2 saturated heterocycles. The largest absolute Gasteiger partial charge is 0.353 e. The zero-order valence-electron chi connectivity index (χ0n) is 16.1. The summed E-state index contributed by atoms with van der Waals surface area (Å²) in [4.78, 5) is 21.3. The molecule has 0 bridgehead atoms. The average Bonchev–Trinajstić information content (AvgIpc) is 2.75. The maximum atomic E-state index is 12.6. The highest BCUT2D eigenvalue weighted by Gasteiger charge is 2.23. The van der Waals surface area contributed by atoms with Gasteiger partial charge in [-0.2, -0.15) is 0 Å². The third kappa shape index (κ3) is 4.20. The van der Waals surface area contributed by atoms with Crippen molar-refractivity contribution in [3.63, 3.8) is 0 Å². The van der Waals surface area contributed by atoms with Crippen molar-refractivity contribution >= 4 is 29.1 Å². The summed E-state index contributed by atoms with van der Waals surface area (Å²) in [6.07, 6.45) is 0. The van der Waals surface area contributed by atoms with Crippen LogP contribution < -0.4 is 9.80 Å². The van der Waals surface area contributed by atoms with Gasteiger partial charge >= 0.3 is 0 Å². The summed E-state index contributed by atoms with van der Waals surface area (Å²) < 4.78 is 0. The van der Waals surface area contributed by atoms with Crippen LogP contribution in [0.3, 0.4) is 0 Å². The molecule has 8 heteroatoms. The van der Waals surface area contributed by atoms with E-state index in [4.69, 9.17) is 11.6 Å². The number of benzene rings is 1. The van der Waals surface area contributed by atoms with Crippen LogP contribution in [0.1, 0.15) is 10.4 Å². The summed E-state index contributed by atoms with van der Waals surface area (Å²) >= 11 is 5.91. The molecule has 3 heterocycles. The summed E-state index contributed by atoms with van der Waals surface area (Å²) in [5.41, 5.74) is 0.675. The van der Waals surface area contributed by atoms with E-state index in [9.17, 15) is 4.79 Å². The lowest BCUT2D eigenvalue weighted by molar-refractivity contribution is 0.0746. The highest BCUT2D eigenvalue weighted by Crippen LogP contribution is 2.19. The Kier molecular flexibility index (Phi) is 5.64. The van der Waals surface area contributed by atoms with Gasteiger partial charge in [-0.15, -0.1) is 10.2 Å². The monoisotopic (exact) mass is 400 g/mol. The third-order valence-corrected chi connectivity index (χ3v) is 5.70. The lowest BCUT2D eigenvalue weighted by Crippen LogP contribution is -2.49. The van der Waals surface area contributed by atoms with E-state index >= 15 is 0 Å². The zero-order chi connectivity index (χ0) is 19.5. The highest BCUT2D eigenvalue weighted by atomic mass is 35.5. The predicted octanol–water partition coefficient (Wildman–Crippen LogP) is 1.84. The van der Waals surface area contributed by atoms with Crippen molar-refractivity contribution in [2.24, 2.45) is 0 Å². The number of carbonyl (C=O) groups is 1. The fourth-order valence-electron chi connectivity index (χ4n) is 3.60. The second kappa shape index (κ2) is 8.32. The lowest BCUT2D eigenvalue weighted by atomic mass is 10.2. The van der Waals surface area contributed by atoms with Crippen molar-refractivity contribution in [1.29, 1.82) is 0 Å². The molecule has 0 spiro atoms. The van der Waals surface area contributed by atoms with Crippen LogP contribution in [-0.4, -0.2) is 85.3 Å². The Labute approximate surface area is 170 Å². The van der Waals surface area contributed by atoms with E-state index in [2.05, 4.69) is 38.0 Å². The summed E-state index contributed by atoms with van der Waals surface area (Å²) in [6.45, 7) is 6.91. The molecular weight excluding hydrogens is 376 g/mol. The van der Waals surface area contributed by atoms with Gasteiger partial charge in [-0.05, 0) is 43.4 Å². The van der Waals surface area contributed by atoms with Crippen molar-refractivity contribution in [3.8, 4) is 0 Å². The number of hydrogen-bond acceptors (Lipinski definition) is 6. The topological polar surface area (TPSA) is 55.8 Å². The van der Waals surface area contributed by atoms with Crippen LogP contribution in [0, 0.1) is 0 Å². The Morgan fingerprint density at radius 1 is 0.786 bits per heavy atom. The van der Waals surface area contributed by atoms with Crippen molar-refractivity contribution in [2.75, 3.05) is 69.2 Å². The second-order valence-electron chi connectivity index (χ2n) is 7.33. The molecule has 0 atom stereocenters. The van der Waals surface area contributed by atoms with Gasteiger partial charge in [0.25, 0.3) is 5.91 Å². The number of piperazine rings is 2. The molecule has 1 amide bonds. The van der Waals surface area contributed by atoms with Crippen LogP contribution in [-0.2, 0) is 0 Å². The normalized spacial score (nSPS) is 18.4. The molecule has 7 nitrogen and oxygen atoms in total. The van der Waals surface area contributed by atoms with Gasteiger partial charge in [-0.25, -0.2) is 0 Å². The second-order valence-corrected chi connectivity index (χ2v) is 7.76. The van der Waals surface area contributed by atoms with Crippen molar-refractivity contribution in [1.82, 2.24) is 20.0 Å². The molecule has 1 aromatic heterocycles. The Balaban J connectivity index is 1.33. The minimum atomic E-state index is 0.0489. The molecule has 0 aliphatic carbocycles. The van der Waals surface area contributed by atoms with E-state index in [1.54, 1.807) is 24.3 Å². The number of halogens is 1. The first kappa shape index (κ1) is 19.0. The number of rotatable bonds is 3. The van der Waals surface area contributed by atoms with Gasteiger partial charge in [0.05, 0.1) is 0 Å². The van der Waals surface area contributed by atoms with Crippen LogP contribution in [0.25, 0.3) is 0 Å². The molecule has 148 valence electrons. The molecule has 28 heavy (non-hydrogen) atoms. The van der Waals surface area contributed by atoms with Crippen LogP contribution in [0.15, 0.2) is 36.4 Å². The number of carbonyl (C=O) groups excluding carboxylic acids is 1. The minimum Gasteiger partial charge on any atom is -0.353 e. The van der Waals surface area contributed by atoms with Crippen molar-refractivity contribution in [2.45, 2.75) is 0 Å². The first-order valence-electron chi connectivity index (χ1n) is 9.67. The Morgan fingerprint density at radius 2 is 1.29 bits per heavy atom. The van der Waals surface area contributed by atoms with E-state index < -0.39 is 0 Å². The standard InChI is InChI=1S/C20H25ClN6O/c1-24-8-10-25(11-9-24)18-6-7-19(23-22-18)26-12-14-27(15-13-26)20(28)16-2-4-17(21)5-3-16/h2-7H,8-15H2,1H3. The molecule has 0 unspecified atom stereocenters. The van der Waals surface area contributed by atoms with Crippen molar-refractivity contribution < 1.29 is 4.79 Å². The average molecular weight is 401 g/mol. The predicted molar refractivity (Wildman–Crippen MR) is 111 cm³/mol. The first-order valence-corrected chi connectivity index (χ1v) is 10.0. The summed E-state index contributed by atoms with van der Waals surface area (Å²) in [5, 5.41) is 9.51. The molecule has 2 aliphatic heterocycles. The molecule has 4 rings (SSSR count). The molecule has 1 aromatic carbocycles. The molecular formula is C20H25ClN6O. The van der Waals surface area contributed by atoms with Gasteiger partial charge < -0.3 is 19.6 Å². The maximum Gasteiger partial charge on any atom is 0.253 e. The van der Waals surface area contributed by atoms with Gasteiger partial charge in [-0.3, -0.25) is 4.79 Å². The Bertz CT molecular complexity index is 796. The lowest BCUT2D eigenvalue weighted by Gasteiger charge is -2.36. The molecule has 0 radical (unpaired) electrons. The summed E-state index contributed by atoms with van der Waals surface area (Å²) in [7, 11) is 2.14. The molecule has 0 N–H and O–H groups in total. The highest BCUT2D eigenvalue weighted by molar-refractivity contribution is 6.30. The maximum absolute atomic E-state index is 12.6. The molecule has 2 aromatic rings. The molecule has 0 saturated carbocycles. The van der Waals surface area contributed by atoms with Crippen LogP contribution >= 0.6 is 11.6 Å². The zero-order valence-corrected chi connectivity index (χ0v) is 16.8. The van der Waals surface area contributed by atoms with Gasteiger partial charge in [-0.1, -0.05) is 11.6 Å². The number of amides is 1. The Morgan fingerprint density at radius 3 is 1.79 bits per heavy atom. The number of aromatic nitrogens is 2. The van der Waals surface area contributed by atoms with Gasteiger partial charge in [0.1, 0.15) is 0 Å². The summed E-state index contributed by atoms with van der Waals surface area (Å²) in [6, 6.07) is 11.2. The van der Waals surface area contributed by atoms with Crippen LogP contribution in [0.2, 0.25) is 5.02 Å². The van der Waals surface area contributed by atoms with Crippen LogP contribution in [0.4, 0.5) is 11.6 Å². The van der Waals surface area contributed by atoms with E-state index in [1.165, 1.54) is 0 Å². The van der Waals surface area contributed by atoms with E-state index in [1.807, 2.05) is 11.0 Å². The van der Waals surface area contributed by atoms with E-state index in [-0.39, 0.29) is 5.91 Å². The third-order valence-electron chi connectivity index (χ3n) is 5.45. The number of anilines is 2. The first-order chi connectivity index (χ1) is 13.6. The number of hydrogen-bond donors (Lipinski definition) is 0. The fraction of sp³-hybridized carbons (Fsp3) is 0.450. The minimum absolute atomic E-state index is 0.0489. The Hall–Kier alpha value is -2.38. The summed E-state index contributed by atoms with van der Waals surface area (Å²) in [5.74, 6) is 1.86. The quantitative estimate of drug-likeness (QED) is 0.783. The molecule has 2 fully saturated rings. The van der Waals surface area contributed by atoms with Gasteiger partial charge in [0, 0.05) is 62.9 Å². The van der Waals surface area contributed by atoms with Gasteiger partial charge in [0.15, 0.2) is 11.6 Å². The number of likely N-dealkylation sites (N-methyl/N-ethyl adjacent to an activating group) is 1. The van der Waals surface area contributed by atoms with E-state index in [0.717, 1.165) is 50.9 Å². The fourth-order valence-corrected chi connectivity index (χ4v) is 3.73. The number of nitrogens with zero attached hydrogens (tertiary/aromatic N) is 6. The molecule has 2 aliphatic rings.